The van der Waals surface area contributed by atoms with Gasteiger partial charge < -0.3 is 57.0 Å². The molecule has 65 heavy (non-hydrogen) atoms. The third-order valence-corrected chi connectivity index (χ3v) is 15.4. The van der Waals surface area contributed by atoms with E-state index in [1.807, 2.05) is 46.6 Å². The number of halogens is 1. The molecular formula is C45H75IN10O7S2. The highest BCUT2D eigenvalue weighted by Gasteiger charge is 2.41. The molecule has 6 atom stereocenters. The van der Waals surface area contributed by atoms with Crippen molar-refractivity contribution < 1.29 is 33.3 Å². The summed E-state index contributed by atoms with van der Waals surface area (Å²) in [6.45, 7) is 6.36. The minimum atomic E-state index is -0.136. The Morgan fingerprint density at radius 3 is 1.69 bits per heavy atom. The molecule has 2 saturated heterocycles. The molecule has 0 aromatic heterocycles. The van der Waals surface area contributed by atoms with E-state index in [1.54, 1.807) is 6.07 Å². The lowest BCUT2D eigenvalue weighted by molar-refractivity contribution is -0.125. The molecule has 4 heterocycles. The Labute approximate surface area is 408 Å². The van der Waals surface area contributed by atoms with Crippen molar-refractivity contribution in [3.05, 3.63) is 33.4 Å². The van der Waals surface area contributed by atoms with Gasteiger partial charge in [0.15, 0.2) is 11.9 Å². The maximum absolute atomic E-state index is 12.9. The predicted octanol–water partition coefficient (Wildman–Crippen LogP) is 2.84. The minimum absolute atomic E-state index is 0.0924. The fourth-order valence-electron chi connectivity index (χ4n) is 8.24. The van der Waals surface area contributed by atoms with E-state index >= 15 is 0 Å². The van der Waals surface area contributed by atoms with Gasteiger partial charge in [0.1, 0.15) is 0 Å². The van der Waals surface area contributed by atoms with Crippen molar-refractivity contribution in [1.82, 2.24) is 31.5 Å². The first kappa shape index (κ1) is 53.4. The fourth-order valence-corrected chi connectivity index (χ4v) is 11.8. The van der Waals surface area contributed by atoms with Crippen LogP contribution >= 0.6 is 46.1 Å². The molecule has 0 spiro atoms. The van der Waals surface area contributed by atoms with E-state index in [2.05, 4.69) is 59.2 Å². The van der Waals surface area contributed by atoms with Crippen molar-refractivity contribution in [2.75, 3.05) is 104 Å². The van der Waals surface area contributed by atoms with E-state index in [0.29, 0.717) is 118 Å². The number of amides is 3. The van der Waals surface area contributed by atoms with E-state index in [9.17, 15) is 14.4 Å². The van der Waals surface area contributed by atoms with Crippen molar-refractivity contribution in [2.45, 2.75) is 112 Å². The Kier molecular flexibility index (Phi) is 25.8. The zero-order valence-electron chi connectivity index (χ0n) is 38.1. The van der Waals surface area contributed by atoms with Crippen LogP contribution in [0.3, 0.4) is 0 Å². The minimum Gasteiger partial charge on any atom is -0.381 e. The van der Waals surface area contributed by atoms with E-state index in [4.69, 9.17) is 30.4 Å². The number of aliphatic imine (C=N–C) groups is 2. The van der Waals surface area contributed by atoms with Crippen molar-refractivity contribution >= 4 is 75.8 Å². The summed E-state index contributed by atoms with van der Waals surface area (Å²) < 4.78 is 24.1. The van der Waals surface area contributed by atoms with Crippen LogP contribution in [0.5, 0.6) is 0 Å². The van der Waals surface area contributed by atoms with Gasteiger partial charge in [0, 0.05) is 83.7 Å². The molecule has 20 heteroatoms. The van der Waals surface area contributed by atoms with Crippen LogP contribution in [0, 0.1) is 3.57 Å². The van der Waals surface area contributed by atoms with Gasteiger partial charge in [-0.25, -0.2) is 9.98 Å². The van der Waals surface area contributed by atoms with Crippen LogP contribution in [0.1, 0.15) is 87.4 Å². The summed E-state index contributed by atoms with van der Waals surface area (Å²) in [5.41, 5.74) is 12.3. The van der Waals surface area contributed by atoms with Crippen LogP contribution in [-0.2, 0) is 28.5 Å². The number of rotatable bonds is 36. The van der Waals surface area contributed by atoms with Gasteiger partial charge in [0.2, 0.25) is 11.8 Å². The average Bonchev–Trinajstić information content (AvgIpc) is 4.05. The van der Waals surface area contributed by atoms with Crippen molar-refractivity contribution in [1.29, 1.82) is 0 Å². The van der Waals surface area contributed by atoms with Gasteiger partial charge in [0.05, 0.1) is 63.7 Å². The number of thioether (sulfide) groups is 2. The van der Waals surface area contributed by atoms with Crippen LogP contribution < -0.4 is 38.1 Å². The summed E-state index contributed by atoms with van der Waals surface area (Å²) in [5.74, 6) is 2.95. The molecule has 1 aromatic rings. The lowest BCUT2D eigenvalue weighted by Gasteiger charge is -2.21. The summed E-state index contributed by atoms with van der Waals surface area (Å²) in [5, 5.41) is 16.5. The predicted molar refractivity (Wildman–Crippen MR) is 270 cm³/mol. The quantitative estimate of drug-likeness (QED) is 0.0379. The number of hydrogen-bond donors (Lipinski definition) is 7. The van der Waals surface area contributed by atoms with Crippen LogP contribution in [0.15, 0.2) is 34.3 Å². The van der Waals surface area contributed by atoms with Crippen molar-refractivity contribution in [3.8, 4) is 0 Å². The standard InChI is InChI=1S/C45H75IN10O7S2/c46-34-13-11-12-33(28-34)43(59)51-18-24-62-26-27-63-25-19-56(29-39(57)49-16-5-9-22-60-20-7-1-3-14-37-41-35(31-64-37)52-44(47)54-41)30-40(58)50-17-6-10-23-61-21-8-2-4-15-38-42-36(32-65-38)53-45(48)55-42/h11-13,28,35-38,41-42H,1-10,14-27,29-32H2,(H,49,57)(H,50,58)(H,51,59)(H3,47,52,54)(H3,48,53,55)/t35-,36-,37-,38-,41-,42-/m0/s1. The fraction of sp³-hybridized carbons (Fsp3) is 0.756. The molecule has 1 aromatic carbocycles. The highest BCUT2D eigenvalue weighted by atomic mass is 127. The summed E-state index contributed by atoms with van der Waals surface area (Å²) in [4.78, 5) is 49.2. The molecule has 9 N–H and O–H groups in total. The van der Waals surface area contributed by atoms with Gasteiger partial charge in [-0.3, -0.25) is 19.3 Å². The molecule has 0 unspecified atom stereocenters. The number of nitrogens with two attached hydrogens (primary N) is 2. The van der Waals surface area contributed by atoms with E-state index in [-0.39, 0.29) is 30.8 Å². The SMILES string of the molecule is NC1=N[C@H]2[C@H](CS[C@H]2CCCCCOCCCCNC(=O)CN(CCOCCOCCNC(=O)c2cccc(I)c2)CC(=O)NCCCCOCCCCC[C@@H]2SC[C@@H]3NC(N)=N[C@@H]32)N1. The van der Waals surface area contributed by atoms with Crippen molar-refractivity contribution in [2.24, 2.45) is 21.5 Å². The third kappa shape index (κ3) is 21.1. The third-order valence-electron chi connectivity index (χ3n) is 11.7. The summed E-state index contributed by atoms with van der Waals surface area (Å²) >= 11 is 6.20. The number of fused-ring (bicyclic) bond motifs is 2. The Hall–Kier alpha value is -2.60. The molecule has 0 radical (unpaired) electrons. The Morgan fingerprint density at radius 2 is 1.15 bits per heavy atom. The molecular weight excluding hydrogens is 984 g/mol. The number of nitrogens with one attached hydrogen (secondary N) is 5. The molecule has 0 aliphatic carbocycles. The smallest absolute Gasteiger partial charge is 0.251 e. The zero-order chi connectivity index (χ0) is 45.9. The maximum Gasteiger partial charge on any atom is 0.251 e. The summed E-state index contributed by atoms with van der Waals surface area (Å²) in [6.07, 6.45) is 12.4. The van der Waals surface area contributed by atoms with Crippen LogP contribution in [0.2, 0.25) is 0 Å². The molecule has 366 valence electrons. The van der Waals surface area contributed by atoms with Gasteiger partial charge in [-0.1, -0.05) is 31.7 Å². The van der Waals surface area contributed by atoms with Gasteiger partial charge in [-0.2, -0.15) is 23.5 Å². The van der Waals surface area contributed by atoms with Gasteiger partial charge in [-0.15, -0.1) is 0 Å². The second-order valence-electron chi connectivity index (χ2n) is 17.0. The molecule has 4 aliphatic heterocycles. The van der Waals surface area contributed by atoms with Crippen molar-refractivity contribution in [3.63, 3.8) is 0 Å². The van der Waals surface area contributed by atoms with E-state index in [0.717, 1.165) is 92.5 Å². The Bertz CT molecular complexity index is 1560. The molecule has 3 amide bonds. The van der Waals surface area contributed by atoms with Gasteiger partial charge >= 0.3 is 0 Å². The molecule has 0 saturated carbocycles. The molecule has 17 nitrogen and oxygen atoms in total. The topological polar surface area (TPSA) is 228 Å². The number of hydrogen-bond acceptors (Lipinski definition) is 16. The van der Waals surface area contributed by atoms with Gasteiger partial charge in [-0.05, 0) is 92.2 Å². The molecule has 4 aliphatic rings. The Balaban J connectivity index is 0.869. The number of guanidine groups is 2. The largest absolute Gasteiger partial charge is 0.381 e. The Morgan fingerprint density at radius 1 is 0.646 bits per heavy atom. The highest BCUT2D eigenvalue weighted by molar-refractivity contribution is 14.1. The lowest BCUT2D eigenvalue weighted by atomic mass is 10.0. The second kappa shape index (κ2) is 31.4. The normalized spacial score (nSPS) is 21.9. The molecule has 0 bridgehead atoms. The number of benzene rings is 1. The average molecular weight is 1060 g/mol. The molecule has 5 rings (SSSR count). The first-order valence-corrected chi connectivity index (χ1v) is 27.0. The molecule has 2 fully saturated rings. The lowest BCUT2D eigenvalue weighted by Crippen LogP contribution is -2.44. The van der Waals surface area contributed by atoms with E-state index < -0.39 is 0 Å². The summed E-state index contributed by atoms with van der Waals surface area (Å²) in [7, 11) is 0. The highest BCUT2D eigenvalue weighted by Crippen LogP contribution is 2.36. The van der Waals surface area contributed by atoms with Crippen LogP contribution in [0.4, 0.5) is 0 Å². The first-order chi connectivity index (χ1) is 31.7. The number of carbonyl (C=O) groups is 3. The number of nitrogens with zero attached hydrogens (tertiary/aromatic N) is 3. The number of carbonyl (C=O) groups excluding carboxylic acids is 3. The van der Waals surface area contributed by atoms with E-state index in [1.165, 1.54) is 12.8 Å². The van der Waals surface area contributed by atoms with Crippen LogP contribution in [-0.4, -0.2) is 173 Å². The number of ether oxygens (including phenoxy) is 4. The maximum atomic E-state index is 12.9. The summed E-state index contributed by atoms with van der Waals surface area (Å²) in [6, 6.07) is 8.88. The number of unbranched alkanes of at least 4 members (excludes halogenated alkanes) is 6. The zero-order valence-corrected chi connectivity index (χ0v) is 41.9. The monoisotopic (exact) mass is 1060 g/mol. The second-order valence-corrected chi connectivity index (χ2v) is 20.8. The first-order valence-electron chi connectivity index (χ1n) is 23.8. The van der Waals surface area contributed by atoms with Gasteiger partial charge in [0.25, 0.3) is 5.91 Å². The van der Waals surface area contributed by atoms with Crippen LogP contribution in [0.25, 0.3) is 0 Å².